The lowest BCUT2D eigenvalue weighted by atomic mass is 10.2. The molecule has 2 aromatic heterocycles. The van der Waals surface area contributed by atoms with E-state index in [1.165, 1.54) is 16.2 Å². The first-order chi connectivity index (χ1) is 9.20. The second-order valence-electron chi connectivity index (χ2n) is 4.43. The summed E-state index contributed by atoms with van der Waals surface area (Å²) in [5.74, 6) is -0.465. The first kappa shape index (κ1) is 12.3. The van der Waals surface area contributed by atoms with Gasteiger partial charge in [-0.3, -0.25) is 9.59 Å². The van der Waals surface area contributed by atoms with Crippen molar-refractivity contribution in [1.29, 1.82) is 0 Å². The number of aromatic nitrogens is 2. The highest BCUT2D eigenvalue weighted by atomic mass is 32.1. The maximum absolute atomic E-state index is 12.1. The molecule has 0 aliphatic heterocycles. The number of fused-ring (bicyclic) bond motifs is 3. The number of amides is 1. The molecule has 0 atom stereocenters. The summed E-state index contributed by atoms with van der Waals surface area (Å²) < 4.78 is 0. The van der Waals surface area contributed by atoms with Gasteiger partial charge in [-0.05, 0) is 24.8 Å². The second kappa shape index (κ2) is 4.75. The summed E-state index contributed by atoms with van der Waals surface area (Å²) in [6.45, 7) is -0.00691. The fourth-order valence-electron chi connectivity index (χ4n) is 2.36. The molecule has 6 nitrogen and oxygen atoms in total. The SMILES string of the molecule is O=C(NCCO)c1nc2sc3c(c2c(=O)[nH]1)CCC3. The number of hydrogen-bond acceptors (Lipinski definition) is 5. The highest BCUT2D eigenvalue weighted by molar-refractivity contribution is 7.18. The predicted molar refractivity (Wildman–Crippen MR) is 71.7 cm³/mol. The molecule has 3 rings (SSSR count). The van der Waals surface area contributed by atoms with Gasteiger partial charge in [-0.25, -0.2) is 4.98 Å². The van der Waals surface area contributed by atoms with Crippen LogP contribution in [-0.4, -0.2) is 34.1 Å². The van der Waals surface area contributed by atoms with Crippen molar-refractivity contribution in [3.8, 4) is 0 Å². The molecule has 0 saturated carbocycles. The van der Waals surface area contributed by atoms with E-state index in [1.54, 1.807) is 0 Å². The molecular weight excluding hydrogens is 266 g/mol. The number of nitrogens with one attached hydrogen (secondary N) is 2. The van der Waals surface area contributed by atoms with Crippen molar-refractivity contribution in [3.05, 3.63) is 26.6 Å². The minimum atomic E-state index is -0.471. The number of rotatable bonds is 3. The molecule has 1 aliphatic carbocycles. The summed E-state index contributed by atoms with van der Waals surface area (Å²) >= 11 is 1.50. The number of aryl methyl sites for hydroxylation is 2. The van der Waals surface area contributed by atoms with Gasteiger partial charge in [0, 0.05) is 11.4 Å². The number of thiophene rings is 1. The van der Waals surface area contributed by atoms with Crippen LogP contribution in [0.4, 0.5) is 0 Å². The Labute approximate surface area is 112 Å². The third-order valence-corrected chi connectivity index (χ3v) is 4.37. The Morgan fingerprint density at radius 2 is 2.32 bits per heavy atom. The van der Waals surface area contributed by atoms with Crippen LogP contribution in [0.2, 0.25) is 0 Å². The van der Waals surface area contributed by atoms with E-state index in [0.29, 0.717) is 10.2 Å². The predicted octanol–water partition coefficient (Wildman–Crippen LogP) is 0.195. The zero-order valence-corrected chi connectivity index (χ0v) is 11.0. The van der Waals surface area contributed by atoms with Gasteiger partial charge in [0.15, 0.2) is 0 Å². The average Bonchev–Trinajstić information content (AvgIpc) is 2.95. The second-order valence-corrected chi connectivity index (χ2v) is 5.52. The van der Waals surface area contributed by atoms with Crippen molar-refractivity contribution >= 4 is 27.5 Å². The van der Waals surface area contributed by atoms with Crippen LogP contribution in [0.25, 0.3) is 10.2 Å². The molecule has 0 bridgehead atoms. The van der Waals surface area contributed by atoms with Crippen molar-refractivity contribution in [2.75, 3.05) is 13.2 Å². The summed E-state index contributed by atoms with van der Waals surface area (Å²) in [5, 5.41) is 11.8. The fraction of sp³-hybridized carbons (Fsp3) is 0.417. The van der Waals surface area contributed by atoms with Gasteiger partial charge < -0.3 is 15.4 Å². The van der Waals surface area contributed by atoms with Crippen LogP contribution in [0.15, 0.2) is 4.79 Å². The molecule has 2 heterocycles. The summed E-state index contributed by atoms with van der Waals surface area (Å²) in [6.07, 6.45) is 2.98. The van der Waals surface area contributed by atoms with E-state index in [4.69, 9.17) is 5.11 Å². The first-order valence-electron chi connectivity index (χ1n) is 6.14. The fourth-order valence-corrected chi connectivity index (χ4v) is 3.63. The molecule has 0 fully saturated rings. The standard InChI is InChI=1S/C12H13N3O3S/c16-5-4-13-11(18)9-14-10(17)8-6-2-1-3-7(6)19-12(8)15-9/h16H,1-5H2,(H,13,18)(H,14,15,17). The Balaban J connectivity index is 2.06. The number of carbonyl (C=O) groups is 1. The van der Waals surface area contributed by atoms with Crippen LogP contribution in [-0.2, 0) is 12.8 Å². The van der Waals surface area contributed by atoms with Crippen molar-refractivity contribution in [3.63, 3.8) is 0 Å². The molecule has 7 heteroatoms. The van der Waals surface area contributed by atoms with Crippen molar-refractivity contribution < 1.29 is 9.90 Å². The lowest BCUT2D eigenvalue weighted by Gasteiger charge is -2.02. The molecule has 19 heavy (non-hydrogen) atoms. The molecule has 1 aliphatic rings. The largest absolute Gasteiger partial charge is 0.395 e. The van der Waals surface area contributed by atoms with E-state index in [9.17, 15) is 9.59 Å². The van der Waals surface area contributed by atoms with E-state index in [0.717, 1.165) is 24.8 Å². The highest BCUT2D eigenvalue weighted by Gasteiger charge is 2.22. The van der Waals surface area contributed by atoms with E-state index >= 15 is 0 Å². The summed E-state index contributed by atoms with van der Waals surface area (Å²) in [4.78, 5) is 32.4. The number of hydrogen-bond donors (Lipinski definition) is 3. The number of H-pyrrole nitrogens is 1. The highest BCUT2D eigenvalue weighted by Crippen LogP contribution is 2.34. The van der Waals surface area contributed by atoms with Crippen molar-refractivity contribution in [1.82, 2.24) is 15.3 Å². The van der Waals surface area contributed by atoms with Gasteiger partial charge in [-0.15, -0.1) is 11.3 Å². The number of aliphatic hydroxyl groups excluding tert-OH is 1. The van der Waals surface area contributed by atoms with Crippen LogP contribution in [0.3, 0.4) is 0 Å². The van der Waals surface area contributed by atoms with E-state index in [-0.39, 0.29) is 24.5 Å². The Bertz CT molecular complexity index is 704. The smallest absolute Gasteiger partial charge is 0.287 e. The van der Waals surface area contributed by atoms with Crippen LogP contribution in [0, 0.1) is 0 Å². The molecule has 0 aromatic carbocycles. The third-order valence-electron chi connectivity index (χ3n) is 3.19. The Morgan fingerprint density at radius 3 is 3.11 bits per heavy atom. The average molecular weight is 279 g/mol. The molecule has 2 aromatic rings. The molecule has 0 saturated heterocycles. The van der Waals surface area contributed by atoms with Gasteiger partial charge in [0.2, 0.25) is 5.82 Å². The number of carbonyl (C=O) groups excluding carboxylic acids is 1. The van der Waals surface area contributed by atoms with E-state index < -0.39 is 5.91 Å². The quantitative estimate of drug-likeness (QED) is 0.747. The summed E-state index contributed by atoms with van der Waals surface area (Å²) in [6, 6.07) is 0. The number of nitrogens with zero attached hydrogens (tertiary/aromatic N) is 1. The van der Waals surface area contributed by atoms with Gasteiger partial charge in [0.05, 0.1) is 12.0 Å². The summed E-state index contributed by atoms with van der Waals surface area (Å²) in [7, 11) is 0. The van der Waals surface area contributed by atoms with Gasteiger partial charge in [0.25, 0.3) is 11.5 Å². The van der Waals surface area contributed by atoms with E-state index in [2.05, 4.69) is 15.3 Å². The molecule has 0 unspecified atom stereocenters. The Hall–Kier alpha value is -1.73. The molecule has 3 N–H and O–H groups in total. The topological polar surface area (TPSA) is 95.1 Å². The first-order valence-corrected chi connectivity index (χ1v) is 6.96. The van der Waals surface area contributed by atoms with Gasteiger partial charge in [-0.2, -0.15) is 0 Å². The maximum Gasteiger partial charge on any atom is 0.287 e. The number of aromatic amines is 1. The zero-order chi connectivity index (χ0) is 13.4. The number of aliphatic hydroxyl groups is 1. The lowest BCUT2D eigenvalue weighted by Crippen LogP contribution is -2.29. The molecule has 0 radical (unpaired) electrons. The van der Waals surface area contributed by atoms with Crippen LogP contribution in [0.5, 0.6) is 0 Å². The Kier molecular flexibility index (Phi) is 3.08. The van der Waals surface area contributed by atoms with Gasteiger partial charge in [0.1, 0.15) is 4.83 Å². The van der Waals surface area contributed by atoms with Crippen LogP contribution >= 0.6 is 11.3 Å². The molecule has 100 valence electrons. The monoisotopic (exact) mass is 279 g/mol. The Morgan fingerprint density at radius 1 is 1.47 bits per heavy atom. The van der Waals surface area contributed by atoms with Crippen molar-refractivity contribution in [2.24, 2.45) is 0 Å². The minimum Gasteiger partial charge on any atom is -0.395 e. The van der Waals surface area contributed by atoms with Crippen LogP contribution in [0.1, 0.15) is 27.5 Å². The van der Waals surface area contributed by atoms with Gasteiger partial charge >= 0.3 is 0 Å². The van der Waals surface area contributed by atoms with Crippen LogP contribution < -0.4 is 10.9 Å². The zero-order valence-electron chi connectivity index (χ0n) is 10.2. The molecule has 1 amide bonds. The van der Waals surface area contributed by atoms with Crippen molar-refractivity contribution in [2.45, 2.75) is 19.3 Å². The van der Waals surface area contributed by atoms with E-state index in [1.807, 2.05) is 0 Å². The molecular formula is C12H13N3O3S. The third kappa shape index (κ3) is 2.04. The maximum atomic E-state index is 12.1. The lowest BCUT2D eigenvalue weighted by molar-refractivity contribution is 0.0934. The normalized spacial score (nSPS) is 13.7. The minimum absolute atomic E-state index is 0.00544. The summed E-state index contributed by atoms with van der Waals surface area (Å²) in [5.41, 5.74) is 0.842. The molecule has 0 spiro atoms. The van der Waals surface area contributed by atoms with Gasteiger partial charge in [-0.1, -0.05) is 0 Å².